The first-order valence-electron chi connectivity index (χ1n) is 5.45. The van der Waals surface area contributed by atoms with Gasteiger partial charge in [-0.05, 0) is 37.1 Å². The van der Waals surface area contributed by atoms with Crippen molar-refractivity contribution in [3.05, 3.63) is 30.1 Å². The number of piperidine rings is 1. The molecule has 1 unspecified atom stereocenters. The normalized spacial score (nSPS) is 24.1. The van der Waals surface area contributed by atoms with Gasteiger partial charge in [0.15, 0.2) is 0 Å². The number of nitrogens with zero attached hydrogens (tertiary/aromatic N) is 1. The molecule has 4 nitrogen and oxygen atoms in total. The number of benzene rings is 1. The molecule has 1 saturated heterocycles. The van der Waals surface area contributed by atoms with Gasteiger partial charge in [0.25, 0.3) is 5.91 Å². The summed E-state index contributed by atoms with van der Waals surface area (Å²) >= 11 is 3.01. The Balaban J connectivity index is 2.32. The summed E-state index contributed by atoms with van der Waals surface area (Å²) in [5, 5.41) is 9.12. The molecule has 18 heavy (non-hydrogen) atoms. The van der Waals surface area contributed by atoms with Crippen molar-refractivity contribution in [3.8, 4) is 0 Å². The molecule has 1 heterocycles. The van der Waals surface area contributed by atoms with Gasteiger partial charge in [-0.3, -0.25) is 9.59 Å². The van der Waals surface area contributed by atoms with Gasteiger partial charge >= 0.3 is 5.97 Å². The van der Waals surface area contributed by atoms with Crippen LogP contribution in [0, 0.1) is 5.82 Å². The maximum absolute atomic E-state index is 12.8. The highest BCUT2D eigenvalue weighted by atomic mass is 79.9. The first-order valence-corrected chi connectivity index (χ1v) is 6.24. The highest BCUT2D eigenvalue weighted by Gasteiger charge is 2.48. The Morgan fingerprint density at radius 1 is 1.39 bits per heavy atom. The minimum absolute atomic E-state index is 0.249. The zero-order chi connectivity index (χ0) is 13.3. The van der Waals surface area contributed by atoms with Crippen LogP contribution in [-0.4, -0.2) is 27.9 Å². The Morgan fingerprint density at radius 2 is 2.00 bits per heavy atom. The fourth-order valence-electron chi connectivity index (χ4n) is 1.97. The van der Waals surface area contributed by atoms with Gasteiger partial charge in [0.05, 0.1) is 0 Å². The predicted octanol–water partition coefficient (Wildman–Crippen LogP) is 2.17. The van der Waals surface area contributed by atoms with Crippen molar-refractivity contribution < 1.29 is 19.1 Å². The molecule has 2 rings (SSSR count). The van der Waals surface area contributed by atoms with Crippen LogP contribution in [0.4, 0.5) is 10.1 Å². The van der Waals surface area contributed by atoms with E-state index in [0.717, 1.165) is 0 Å². The second-order valence-corrected chi connectivity index (χ2v) is 5.50. The van der Waals surface area contributed by atoms with Gasteiger partial charge in [0.1, 0.15) is 5.82 Å². The average Bonchev–Trinajstić information content (AvgIpc) is 2.34. The summed E-state index contributed by atoms with van der Waals surface area (Å²) in [7, 11) is 0. The quantitative estimate of drug-likeness (QED) is 0.672. The van der Waals surface area contributed by atoms with E-state index in [-0.39, 0.29) is 6.42 Å². The molecule has 6 heteroatoms. The molecule has 1 atom stereocenters. The molecule has 1 aliphatic rings. The van der Waals surface area contributed by atoms with Crippen molar-refractivity contribution in [1.82, 2.24) is 0 Å². The van der Waals surface area contributed by atoms with E-state index in [9.17, 15) is 14.0 Å². The van der Waals surface area contributed by atoms with E-state index in [4.69, 9.17) is 5.11 Å². The van der Waals surface area contributed by atoms with Crippen molar-refractivity contribution >= 4 is 33.5 Å². The van der Waals surface area contributed by atoms with Crippen molar-refractivity contribution in [2.24, 2.45) is 0 Å². The Bertz CT molecular complexity index is 491. The number of rotatable bonds is 2. The van der Waals surface area contributed by atoms with Crippen molar-refractivity contribution in [2.75, 3.05) is 11.4 Å². The lowest BCUT2D eigenvalue weighted by atomic mass is 9.96. The maximum atomic E-state index is 12.8. The fraction of sp³-hybridized carbons (Fsp3) is 0.333. The number of carbonyl (C=O) groups excluding carboxylic acids is 1. The van der Waals surface area contributed by atoms with Gasteiger partial charge in [-0.15, -0.1) is 0 Å². The van der Waals surface area contributed by atoms with Gasteiger partial charge in [0.2, 0.25) is 4.32 Å². The molecule has 1 aliphatic heterocycles. The Hall–Kier alpha value is -1.43. The molecular weight excluding hydrogens is 305 g/mol. The lowest BCUT2D eigenvalue weighted by molar-refractivity contribution is -0.144. The topological polar surface area (TPSA) is 57.6 Å². The molecule has 0 aromatic heterocycles. The first kappa shape index (κ1) is 13.0. The Kier molecular flexibility index (Phi) is 3.38. The monoisotopic (exact) mass is 315 g/mol. The summed E-state index contributed by atoms with van der Waals surface area (Å²) in [6.45, 7) is 0.436. The van der Waals surface area contributed by atoms with Crippen molar-refractivity contribution in [1.29, 1.82) is 0 Å². The number of amides is 1. The predicted molar refractivity (Wildman–Crippen MR) is 67.3 cm³/mol. The van der Waals surface area contributed by atoms with Gasteiger partial charge in [-0.2, -0.15) is 0 Å². The molecule has 1 amide bonds. The number of hydrogen-bond acceptors (Lipinski definition) is 2. The largest absolute Gasteiger partial charge is 0.480 e. The number of hydrogen-bond donors (Lipinski definition) is 1. The lowest BCUT2D eigenvalue weighted by Crippen LogP contribution is -2.54. The van der Waals surface area contributed by atoms with Gasteiger partial charge in [0, 0.05) is 12.2 Å². The third kappa shape index (κ3) is 2.12. The summed E-state index contributed by atoms with van der Waals surface area (Å²) in [5.41, 5.74) is 0.506. The highest BCUT2D eigenvalue weighted by Crippen LogP contribution is 2.34. The van der Waals surface area contributed by atoms with Gasteiger partial charge in [-0.25, -0.2) is 4.39 Å². The minimum Gasteiger partial charge on any atom is -0.480 e. The van der Waals surface area contributed by atoms with Crippen LogP contribution in [0.3, 0.4) is 0 Å². The summed E-state index contributed by atoms with van der Waals surface area (Å²) in [4.78, 5) is 24.7. The molecule has 0 spiro atoms. The summed E-state index contributed by atoms with van der Waals surface area (Å²) in [5.74, 6) is -2.11. The van der Waals surface area contributed by atoms with Crippen LogP contribution in [-0.2, 0) is 9.59 Å². The molecule has 0 aliphatic carbocycles. The summed E-state index contributed by atoms with van der Waals surface area (Å²) in [6, 6.07) is 5.42. The molecule has 1 N–H and O–H groups in total. The molecule has 1 aromatic rings. The lowest BCUT2D eigenvalue weighted by Gasteiger charge is -2.35. The molecule has 0 saturated carbocycles. The number of aliphatic carboxylic acids is 1. The van der Waals surface area contributed by atoms with Crippen molar-refractivity contribution in [3.63, 3.8) is 0 Å². The molecule has 1 aromatic carbocycles. The number of carboxylic acids is 1. The second-order valence-electron chi connectivity index (χ2n) is 4.14. The zero-order valence-electron chi connectivity index (χ0n) is 9.40. The summed E-state index contributed by atoms with van der Waals surface area (Å²) in [6.07, 6.45) is 0.819. The Morgan fingerprint density at radius 3 is 2.56 bits per heavy atom. The fourth-order valence-corrected chi connectivity index (χ4v) is 2.46. The Labute approximate surface area is 112 Å². The molecule has 0 radical (unpaired) electrons. The van der Waals surface area contributed by atoms with Crippen molar-refractivity contribution in [2.45, 2.75) is 17.2 Å². The van der Waals surface area contributed by atoms with Gasteiger partial charge in [-0.1, -0.05) is 15.9 Å². The number of halogens is 2. The maximum Gasteiger partial charge on any atom is 0.330 e. The number of carboxylic acid groups (broad SMARTS) is 1. The van der Waals surface area contributed by atoms with Crippen LogP contribution in [0.25, 0.3) is 0 Å². The smallest absolute Gasteiger partial charge is 0.330 e. The first-order chi connectivity index (χ1) is 8.45. The zero-order valence-corrected chi connectivity index (χ0v) is 11.0. The molecular formula is C12H11BrFNO3. The van der Waals surface area contributed by atoms with Crippen LogP contribution in [0.5, 0.6) is 0 Å². The van der Waals surface area contributed by atoms with E-state index in [1.807, 2.05) is 0 Å². The molecule has 0 bridgehead atoms. The van der Waals surface area contributed by atoms with Gasteiger partial charge < -0.3 is 10.0 Å². The van der Waals surface area contributed by atoms with E-state index in [1.165, 1.54) is 29.2 Å². The van der Waals surface area contributed by atoms with E-state index >= 15 is 0 Å². The minimum atomic E-state index is -1.57. The van der Waals surface area contributed by atoms with Crippen LogP contribution in [0.15, 0.2) is 24.3 Å². The van der Waals surface area contributed by atoms with Crippen LogP contribution >= 0.6 is 15.9 Å². The standard InChI is InChI=1S/C12H11BrFNO3/c13-12(11(17)18)6-1-7-15(10(12)16)9-4-2-8(14)3-5-9/h2-5H,1,6-7H2,(H,17,18). The SMILES string of the molecule is O=C(O)C1(Br)CCCN(c2ccc(F)cc2)C1=O. The van der Waals surface area contributed by atoms with Crippen LogP contribution in [0.2, 0.25) is 0 Å². The van der Waals surface area contributed by atoms with Crippen LogP contribution < -0.4 is 4.90 Å². The molecule has 1 fully saturated rings. The molecule has 96 valence electrons. The van der Waals surface area contributed by atoms with E-state index in [2.05, 4.69) is 15.9 Å². The number of alkyl halides is 1. The second kappa shape index (κ2) is 4.68. The number of anilines is 1. The van der Waals surface area contributed by atoms with E-state index in [1.54, 1.807) is 0 Å². The van der Waals surface area contributed by atoms with Crippen LogP contribution in [0.1, 0.15) is 12.8 Å². The highest BCUT2D eigenvalue weighted by molar-refractivity contribution is 9.10. The third-order valence-corrected chi connectivity index (χ3v) is 4.04. The number of carbonyl (C=O) groups is 2. The third-order valence-electron chi connectivity index (χ3n) is 2.96. The van der Waals surface area contributed by atoms with E-state index in [0.29, 0.717) is 18.7 Å². The summed E-state index contributed by atoms with van der Waals surface area (Å²) < 4.78 is 11.3. The van der Waals surface area contributed by atoms with E-state index < -0.39 is 22.0 Å². The average molecular weight is 316 g/mol.